The molecule has 0 radical (unpaired) electrons. The fourth-order valence-electron chi connectivity index (χ4n) is 6.73. The molecule has 1 aliphatic carbocycles. The molecule has 0 spiro atoms. The van der Waals surface area contributed by atoms with Crippen molar-refractivity contribution in [3.8, 4) is 0 Å². The number of halogens is 2. The van der Waals surface area contributed by atoms with Crippen LogP contribution in [-0.2, 0) is 25.6 Å². The standard InChI is InChI=1S/C37H47F2N5O9/c1-20(2)32(34(48)40-28-16-24(36(50)51)15-25(17-28)37(52)53)42-31(46)19-30(45)29(13-21-11-26(38)18-27(39)12-21)41-33(47)22-5-4-6-23(14-22)35(49)44-9-7-43(3)8-10-44/h4-6,11-12,14,18,20,24-25,28-30,32,45H,7-10,13,15-17,19H2,1-3H3,(H,40,48)(H,41,47)(H,42,46)(H,50,51)(H,52,53)/t24?,25?,28?,29-,30+,32-/m0/s1. The second kappa shape index (κ2) is 18.2. The maximum Gasteiger partial charge on any atom is 0.306 e. The third-order valence-corrected chi connectivity index (χ3v) is 9.73. The minimum atomic E-state index is -1.62. The Morgan fingerprint density at radius 1 is 0.830 bits per heavy atom. The first-order chi connectivity index (χ1) is 25.0. The number of hydrogen-bond acceptors (Lipinski definition) is 8. The molecule has 1 saturated heterocycles. The van der Waals surface area contributed by atoms with E-state index in [-0.39, 0.29) is 48.3 Å². The van der Waals surface area contributed by atoms with Crippen molar-refractivity contribution in [3.05, 3.63) is 70.8 Å². The highest BCUT2D eigenvalue weighted by Crippen LogP contribution is 2.30. The Balaban J connectivity index is 1.47. The van der Waals surface area contributed by atoms with E-state index in [4.69, 9.17) is 0 Å². The van der Waals surface area contributed by atoms with Crippen LogP contribution in [0.1, 0.15) is 65.8 Å². The molecule has 16 heteroatoms. The van der Waals surface area contributed by atoms with Gasteiger partial charge in [-0.1, -0.05) is 19.9 Å². The van der Waals surface area contributed by atoms with Gasteiger partial charge >= 0.3 is 11.9 Å². The molecule has 1 aliphatic heterocycles. The molecular weight excluding hydrogens is 696 g/mol. The third kappa shape index (κ3) is 11.5. The highest BCUT2D eigenvalue weighted by molar-refractivity contribution is 6.00. The van der Waals surface area contributed by atoms with E-state index in [0.717, 1.165) is 12.1 Å². The molecule has 4 rings (SSSR count). The molecule has 4 amide bonds. The summed E-state index contributed by atoms with van der Waals surface area (Å²) in [5, 5.41) is 38.2. The van der Waals surface area contributed by atoms with Crippen LogP contribution in [0.15, 0.2) is 42.5 Å². The van der Waals surface area contributed by atoms with E-state index in [9.17, 15) is 52.9 Å². The number of carbonyl (C=O) groups excluding carboxylic acids is 4. The molecular formula is C37H47F2N5O9. The zero-order valence-electron chi connectivity index (χ0n) is 29.9. The quantitative estimate of drug-likeness (QED) is 0.165. The number of aliphatic hydroxyl groups is 1. The smallest absolute Gasteiger partial charge is 0.306 e. The fraction of sp³-hybridized carbons (Fsp3) is 0.514. The molecule has 0 aromatic heterocycles. The van der Waals surface area contributed by atoms with Gasteiger partial charge in [-0.25, -0.2) is 8.78 Å². The van der Waals surface area contributed by atoms with Crippen molar-refractivity contribution in [3.63, 3.8) is 0 Å². The summed E-state index contributed by atoms with van der Waals surface area (Å²) in [5.74, 6) is -9.01. The van der Waals surface area contributed by atoms with Crippen molar-refractivity contribution in [2.24, 2.45) is 17.8 Å². The highest BCUT2D eigenvalue weighted by atomic mass is 19.1. The van der Waals surface area contributed by atoms with Crippen LogP contribution in [-0.4, -0.2) is 118 Å². The van der Waals surface area contributed by atoms with Crippen LogP contribution in [0.5, 0.6) is 0 Å². The highest BCUT2D eigenvalue weighted by Gasteiger charge is 2.38. The van der Waals surface area contributed by atoms with Gasteiger partial charge in [-0.2, -0.15) is 0 Å². The maximum atomic E-state index is 14.1. The number of nitrogens with zero attached hydrogens (tertiary/aromatic N) is 2. The number of carboxylic acids is 2. The molecule has 5 atom stereocenters. The van der Waals surface area contributed by atoms with Crippen molar-refractivity contribution in [1.29, 1.82) is 0 Å². The van der Waals surface area contributed by atoms with Gasteiger partial charge in [-0.3, -0.25) is 28.8 Å². The lowest BCUT2D eigenvalue weighted by Crippen LogP contribution is -2.55. The molecule has 288 valence electrons. The Morgan fingerprint density at radius 2 is 1.42 bits per heavy atom. The van der Waals surface area contributed by atoms with Crippen LogP contribution >= 0.6 is 0 Å². The van der Waals surface area contributed by atoms with Crippen molar-refractivity contribution in [2.45, 2.75) is 70.2 Å². The van der Waals surface area contributed by atoms with E-state index in [1.54, 1.807) is 24.8 Å². The first-order valence-corrected chi connectivity index (χ1v) is 17.6. The monoisotopic (exact) mass is 743 g/mol. The largest absolute Gasteiger partial charge is 0.481 e. The van der Waals surface area contributed by atoms with Gasteiger partial charge in [0, 0.05) is 49.4 Å². The van der Waals surface area contributed by atoms with Gasteiger partial charge in [0.15, 0.2) is 0 Å². The van der Waals surface area contributed by atoms with Crippen LogP contribution in [0.2, 0.25) is 0 Å². The summed E-state index contributed by atoms with van der Waals surface area (Å²) in [7, 11) is 1.95. The van der Waals surface area contributed by atoms with Crippen LogP contribution in [0, 0.1) is 29.4 Å². The SMILES string of the molecule is CC(C)[C@H](NC(=O)C[C@@H](O)[C@H](Cc1cc(F)cc(F)c1)NC(=O)c1cccc(C(=O)N2CCN(C)CC2)c1)C(=O)NC1CC(C(=O)O)CC(C(=O)O)C1. The first-order valence-electron chi connectivity index (χ1n) is 17.6. The summed E-state index contributed by atoms with van der Waals surface area (Å²) >= 11 is 0. The number of benzene rings is 2. The van der Waals surface area contributed by atoms with Crippen LogP contribution < -0.4 is 16.0 Å². The van der Waals surface area contributed by atoms with E-state index in [2.05, 4.69) is 20.9 Å². The molecule has 6 N–H and O–H groups in total. The molecule has 1 heterocycles. The molecule has 53 heavy (non-hydrogen) atoms. The Labute approximate surface area is 305 Å². The lowest BCUT2D eigenvalue weighted by atomic mass is 9.78. The average Bonchev–Trinajstić information content (AvgIpc) is 3.09. The zero-order valence-corrected chi connectivity index (χ0v) is 29.9. The zero-order chi connectivity index (χ0) is 39.0. The molecule has 2 fully saturated rings. The number of carboxylic acid groups (broad SMARTS) is 2. The molecule has 2 aliphatic rings. The number of rotatable bonds is 14. The van der Waals surface area contributed by atoms with Crippen molar-refractivity contribution in [1.82, 2.24) is 25.8 Å². The normalized spacial score (nSPS) is 20.9. The number of nitrogens with one attached hydrogen (secondary N) is 3. The molecule has 14 nitrogen and oxygen atoms in total. The van der Waals surface area contributed by atoms with Gasteiger partial charge < -0.3 is 41.1 Å². The Bertz CT molecular complexity index is 1640. The summed E-state index contributed by atoms with van der Waals surface area (Å²) in [6.07, 6.45) is -2.61. The predicted molar refractivity (Wildman–Crippen MR) is 187 cm³/mol. The number of likely N-dealkylation sites (N-methyl/N-ethyl adjacent to an activating group) is 1. The number of hydrogen-bond donors (Lipinski definition) is 6. The first kappa shape index (κ1) is 40.8. The van der Waals surface area contributed by atoms with Crippen molar-refractivity contribution >= 4 is 35.6 Å². The van der Waals surface area contributed by atoms with Gasteiger partial charge in [0.1, 0.15) is 17.7 Å². The molecule has 2 aromatic carbocycles. The third-order valence-electron chi connectivity index (χ3n) is 9.73. The van der Waals surface area contributed by atoms with Gasteiger partial charge in [-0.05, 0) is 74.5 Å². The van der Waals surface area contributed by atoms with E-state index in [1.807, 2.05) is 7.05 Å². The van der Waals surface area contributed by atoms with Crippen molar-refractivity contribution < 1.29 is 52.9 Å². The van der Waals surface area contributed by atoms with Gasteiger partial charge in [-0.15, -0.1) is 0 Å². The summed E-state index contributed by atoms with van der Waals surface area (Å²) in [4.78, 5) is 80.3. The van der Waals surface area contributed by atoms with E-state index >= 15 is 0 Å². The number of aliphatic carboxylic acids is 2. The Morgan fingerprint density at radius 3 is 1.98 bits per heavy atom. The lowest BCUT2D eigenvalue weighted by Gasteiger charge is -2.33. The van der Waals surface area contributed by atoms with Crippen LogP contribution in [0.4, 0.5) is 8.78 Å². The van der Waals surface area contributed by atoms with E-state index < -0.39 is 89.7 Å². The van der Waals surface area contributed by atoms with E-state index in [0.29, 0.717) is 32.2 Å². The van der Waals surface area contributed by atoms with Crippen LogP contribution in [0.3, 0.4) is 0 Å². The van der Waals surface area contributed by atoms with E-state index in [1.165, 1.54) is 18.2 Å². The fourth-order valence-corrected chi connectivity index (χ4v) is 6.73. The molecule has 1 saturated carbocycles. The van der Waals surface area contributed by atoms with Crippen molar-refractivity contribution in [2.75, 3.05) is 33.2 Å². The van der Waals surface area contributed by atoms with Gasteiger partial charge in [0.05, 0.1) is 30.4 Å². The molecule has 2 unspecified atom stereocenters. The summed E-state index contributed by atoms with van der Waals surface area (Å²) in [6.45, 7) is 5.72. The second-order valence-electron chi connectivity index (χ2n) is 14.3. The summed E-state index contributed by atoms with van der Waals surface area (Å²) in [6, 6.07) is 5.50. The number of carbonyl (C=O) groups is 6. The Hall–Kier alpha value is -4.96. The predicted octanol–water partition coefficient (Wildman–Crippen LogP) is 1.66. The molecule has 0 bridgehead atoms. The maximum absolute atomic E-state index is 14.1. The lowest BCUT2D eigenvalue weighted by molar-refractivity contribution is -0.149. The average molecular weight is 744 g/mol. The Kier molecular flexibility index (Phi) is 14.0. The number of piperazine rings is 1. The summed E-state index contributed by atoms with van der Waals surface area (Å²) in [5.41, 5.74) is 0.429. The minimum Gasteiger partial charge on any atom is -0.481 e. The number of aliphatic hydroxyl groups excluding tert-OH is 1. The topological polar surface area (TPSA) is 206 Å². The molecule has 2 aromatic rings. The van der Waals surface area contributed by atoms with Gasteiger partial charge in [0.25, 0.3) is 11.8 Å². The summed E-state index contributed by atoms with van der Waals surface area (Å²) < 4.78 is 28.2. The number of amides is 4. The van der Waals surface area contributed by atoms with Crippen LogP contribution in [0.25, 0.3) is 0 Å². The minimum absolute atomic E-state index is 0.0112. The second-order valence-corrected chi connectivity index (χ2v) is 14.3. The van der Waals surface area contributed by atoms with Gasteiger partial charge in [0.2, 0.25) is 11.8 Å².